The first-order chi connectivity index (χ1) is 9.77. The van der Waals surface area contributed by atoms with Crippen molar-refractivity contribution in [1.29, 1.82) is 0 Å². The van der Waals surface area contributed by atoms with Crippen molar-refractivity contribution in [2.45, 2.75) is 38.1 Å². The fourth-order valence-electron chi connectivity index (χ4n) is 2.80. The lowest BCUT2D eigenvalue weighted by atomic mass is 9.95. The number of aromatic carboxylic acids is 1. The van der Waals surface area contributed by atoms with E-state index in [-0.39, 0.29) is 11.7 Å². The van der Waals surface area contributed by atoms with Crippen molar-refractivity contribution >= 4 is 5.97 Å². The SMILES string of the molecule is O=C(O)c1nnn(C2CCCCC2)c1-c1ccncc1. The largest absolute Gasteiger partial charge is 0.476 e. The van der Waals surface area contributed by atoms with E-state index < -0.39 is 5.97 Å². The first-order valence-electron chi connectivity index (χ1n) is 6.86. The van der Waals surface area contributed by atoms with Crippen LogP contribution in [0.3, 0.4) is 0 Å². The van der Waals surface area contributed by atoms with Gasteiger partial charge in [0.25, 0.3) is 0 Å². The molecule has 6 nitrogen and oxygen atoms in total. The second-order valence-electron chi connectivity index (χ2n) is 5.06. The molecule has 0 atom stereocenters. The third-order valence-corrected chi connectivity index (χ3v) is 3.77. The normalized spacial score (nSPS) is 16.2. The number of aromatic nitrogens is 4. The van der Waals surface area contributed by atoms with Crippen LogP contribution in [0.1, 0.15) is 48.6 Å². The Kier molecular flexibility index (Phi) is 3.45. The molecule has 2 aromatic heterocycles. The summed E-state index contributed by atoms with van der Waals surface area (Å²) in [6.45, 7) is 0. The van der Waals surface area contributed by atoms with Crippen LogP contribution < -0.4 is 0 Å². The highest BCUT2D eigenvalue weighted by atomic mass is 16.4. The molecule has 0 spiro atoms. The van der Waals surface area contributed by atoms with E-state index in [1.165, 1.54) is 6.42 Å². The highest BCUT2D eigenvalue weighted by Crippen LogP contribution is 2.32. The summed E-state index contributed by atoms with van der Waals surface area (Å²) in [7, 11) is 0. The second-order valence-corrected chi connectivity index (χ2v) is 5.06. The number of carboxylic acid groups (broad SMARTS) is 1. The predicted molar refractivity (Wildman–Crippen MR) is 72.3 cm³/mol. The number of carbonyl (C=O) groups is 1. The van der Waals surface area contributed by atoms with Gasteiger partial charge in [-0.25, -0.2) is 9.48 Å². The molecule has 0 aliphatic heterocycles. The molecule has 1 aliphatic carbocycles. The Balaban J connectivity index is 2.08. The maximum Gasteiger partial charge on any atom is 0.358 e. The molecule has 104 valence electrons. The fourth-order valence-corrected chi connectivity index (χ4v) is 2.80. The number of carboxylic acids is 1. The van der Waals surface area contributed by atoms with E-state index in [0.717, 1.165) is 31.2 Å². The zero-order valence-corrected chi connectivity index (χ0v) is 11.1. The second kappa shape index (κ2) is 5.40. The van der Waals surface area contributed by atoms with Gasteiger partial charge in [-0.1, -0.05) is 24.5 Å². The van der Waals surface area contributed by atoms with Gasteiger partial charge in [-0.2, -0.15) is 0 Å². The van der Waals surface area contributed by atoms with Crippen LogP contribution in [-0.4, -0.2) is 31.1 Å². The minimum atomic E-state index is -1.04. The van der Waals surface area contributed by atoms with Gasteiger partial charge >= 0.3 is 5.97 Å². The Bertz CT molecular complexity index is 603. The first-order valence-corrected chi connectivity index (χ1v) is 6.86. The maximum absolute atomic E-state index is 11.4. The minimum absolute atomic E-state index is 0.0155. The third kappa shape index (κ3) is 2.29. The minimum Gasteiger partial charge on any atom is -0.476 e. The van der Waals surface area contributed by atoms with E-state index in [4.69, 9.17) is 0 Å². The lowest BCUT2D eigenvalue weighted by molar-refractivity contribution is 0.0691. The van der Waals surface area contributed by atoms with E-state index in [1.807, 2.05) is 0 Å². The quantitative estimate of drug-likeness (QED) is 0.928. The Morgan fingerprint density at radius 3 is 2.55 bits per heavy atom. The highest BCUT2D eigenvalue weighted by molar-refractivity contribution is 5.92. The van der Waals surface area contributed by atoms with Gasteiger partial charge in [-0.05, 0) is 25.0 Å². The predicted octanol–water partition coefficient (Wildman–Crippen LogP) is 2.54. The zero-order valence-electron chi connectivity index (χ0n) is 11.1. The van der Waals surface area contributed by atoms with Crippen molar-refractivity contribution < 1.29 is 9.90 Å². The van der Waals surface area contributed by atoms with Crippen LogP contribution in [0.5, 0.6) is 0 Å². The molecule has 0 saturated heterocycles. The van der Waals surface area contributed by atoms with Gasteiger partial charge in [0, 0.05) is 18.0 Å². The van der Waals surface area contributed by atoms with Crippen molar-refractivity contribution in [3.05, 3.63) is 30.2 Å². The molecule has 6 heteroatoms. The van der Waals surface area contributed by atoms with Crippen molar-refractivity contribution in [2.75, 3.05) is 0 Å². The Morgan fingerprint density at radius 2 is 1.90 bits per heavy atom. The molecule has 3 rings (SSSR count). The summed E-state index contributed by atoms with van der Waals surface area (Å²) in [4.78, 5) is 15.3. The van der Waals surface area contributed by atoms with Crippen LogP contribution in [0.25, 0.3) is 11.3 Å². The van der Waals surface area contributed by atoms with Crippen LogP contribution in [-0.2, 0) is 0 Å². The molecule has 1 fully saturated rings. The smallest absolute Gasteiger partial charge is 0.358 e. The zero-order chi connectivity index (χ0) is 13.9. The van der Waals surface area contributed by atoms with E-state index in [1.54, 1.807) is 29.2 Å². The fraction of sp³-hybridized carbons (Fsp3) is 0.429. The van der Waals surface area contributed by atoms with Crippen molar-refractivity contribution in [3.63, 3.8) is 0 Å². The molecule has 0 unspecified atom stereocenters. The third-order valence-electron chi connectivity index (χ3n) is 3.77. The lowest BCUT2D eigenvalue weighted by Crippen LogP contribution is -2.15. The molecule has 0 amide bonds. The summed E-state index contributed by atoms with van der Waals surface area (Å²) < 4.78 is 1.79. The topological polar surface area (TPSA) is 80.9 Å². The summed E-state index contributed by atoms with van der Waals surface area (Å²) in [5.74, 6) is -1.04. The molecule has 1 saturated carbocycles. The van der Waals surface area contributed by atoms with Crippen LogP contribution >= 0.6 is 0 Å². The average Bonchev–Trinajstić information content (AvgIpc) is 2.94. The monoisotopic (exact) mass is 272 g/mol. The van der Waals surface area contributed by atoms with Crippen molar-refractivity contribution in [3.8, 4) is 11.3 Å². The maximum atomic E-state index is 11.4. The van der Waals surface area contributed by atoms with Crippen LogP contribution in [0.4, 0.5) is 0 Å². The summed E-state index contributed by atoms with van der Waals surface area (Å²) in [6, 6.07) is 3.84. The molecule has 0 radical (unpaired) electrons. The van der Waals surface area contributed by atoms with Gasteiger partial charge in [-0.15, -0.1) is 5.10 Å². The van der Waals surface area contributed by atoms with Gasteiger partial charge < -0.3 is 5.11 Å². The van der Waals surface area contributed by atoms with Crippen LogP contribution in [0, 0.1) is 0 Å². The molecule has 0 bridgehead atoms. The van der Waals surface area contributed by atoms with Gasteiger partial charge in [0.05, 0.1) is 6.04 Å². The number of hydrogen-bond acceptors (Lipinski definition) is 4. The molecule has 20 heavy (non-hydrogen) atoms. The molecular formula is C14H16N4O2. The standard InChI is InChI=1S/C14H16N4O2/c19-14(20)12-13(10-6-8-15-9-7-10)18(17-16-12)11-4-2-1-3-5-11/h6-9,11H,1-5H2,(H,19,20). The highest BCUT2D eigenvalue weighted by Gasteiger charge is 2.25. The molecule has 0 aromatic carbocycles. The van der Waals surface area contributed by atoms with Crippen molar-refractivity contribution in [1.82, 2.24) is 20.0 Å². The van der Waals surface area contributed by atoms with Crippen LogP contribution in [0.2, 0.25) is 0 Å². The van der Waals surface area contributed by atoms with Crippen LogP contribution in [0.15, 0.2) is 24.5 Å². The Hall–Kier alpha value is -2.24. The summed E-state index contributed by atoms with van der Waals surface area (Å²) in [6.07, 6.45) is 8.91. The van der Waals surface area contributed by atoms with E-state index in [2.05, 4.69) is 15.3 Å². The number of pyridine rings is 1. The van der Waals surface area contributed by atoms with Gasteiger partial charge in [0.2, 0.25) is 0 Å². The summed E-state index contributed by atoms with van der Waals surface area (Å²) in [5, 5.41) is 17.3. The van der Waals surface area contributed by atoms with Gasteiger partial charge in [0.1, 0.15) is 5.69 Å². The molecular weight excluding hydrogens is 256 g/mol. The van der Waals surface area contributed by atoms with Gasteiger partial charge in [-0.3, -0.25) is 4.98 Å². The van der Waals surface area contributed by atoms with E-state index in [0.29, 0.717) is 5.69 Å². The molecule has 2 heterocycles. The van der Waals surface area contributed by atoms with Crippen molar-refractivity contribution in [2.24, 2.45) is 0 Å². The first kappa shape index (κ1) is 12.8. The Morgan fingerprint density at radius 1 is 1.20 bits per heavy atom. The molecule has 1 N–H and O–H groups in total. The number of rotatable bonds is 3. The van der Waals surface area contributed by atoms with E-state index in [9.17, 15) is 9.90 Å². The summed E-state index contributed by atoms with van der Waals surface area (Å²) >= 11 is 0. The Labute approximate surface area is 116 Å². The number of nitrogens with zero attached hydrogens (tertiary/aromatic N) is 4. The van der Waals surface area contributed by atoms with Gasteiger partial charge in [0.15, 0.2) is 5.69 Å². The molecule has 2 aromatic rings. The molecule has 1 aliphatic rings. The summed E-state index contributed by atoms with van der Waals surface area (Å²) in [5.41, 5.74) is 1.40. The lowest BCUT2D eigenvalue weighted by Gasteiger charge is -2.23. The average molecular weight is 272 g/mol. The number of hydrogen-bond donors (Lipinski definition) is 1. The van der Waals surface area contributed by atoms with E-state index >= 15 is 0 Å².